The number of hydrogen-bond donors (Lipinski definition) is 1. The summed E-state index contributed by atoms with van der Waals surface area (Å²) in [6.45, 7) is 3.92. The molecule has 14 heteroatoms. The topological polar surface area (TPSA) is 107 Å². The molecule has 1 aliphatic heterocycles. The lowest BCUT2D eigenvalue weighted by Gasteiger charge is -2.26. The van der Waals surface area contributed by atoms with Crippen molar-refractivity contribution in [3.63, 3.8) is 0 Å². The predicted molar refractivity (Wildman–Crippen MR) is 140 cm³/mol. The molecule has 39 heavy (non-hydrogen) atoms. The molecule has 3 rings (SSSR count). The number of nitrogens with one attached hydrogen (secondary N) is 1. The summed E-state index contributed by atoms with van der Waals surface area (Å²) in [6, 6.07) is 10.3. The molecule has 214 valence electrons. The van der Waals surface area contributed by atoms with Crippen LogP contribution in [0.15, 0.2) is 65.4 Å². The maximum absolute atomic E-state index is 13.1. The number of carbonyl (C=O) groups excluding carboxylic acids is 1. The predicted octanol–water partition coefficient (Wildman–Crippen LogP) is 3.46. The number of amides is 2. The Morgan fingerprint density at radius 3 is 2.05 bits per heavy atom. The third kappa shape index (κ3) is 8.03. The van der Waals surface area contributed by atoms with Crippen LogP contribution in [0.4, 0.5) is 18.0 Å². The molecule has 1 aliphatic rings. The first kappa shape index (κ1) is 30.6. The highest BCUT2D eigenvalue weighted by Crippen LogP contribution is 2.29. The number of sulfonamides is 2. The summed E-state index contributed by atoms with van der Waals surface area (Å²) in [5.41, 5.74) is 0.362. The number of urea groups is 1. The molecule has 2 amide bonds. The largest absolute Gasteiger partial charge is 0.416 e. The quantitative estimate of drug-likeness (QED) is 0.458. The zero-order valence-electron chi connectivity index (χ0n) is 21.6. The molecule has 1 saturated heterocycles. The van der Waals surface area contributed by atoms with Gasteiger partial charge in [0.15, 0.2) is 0 Å². The molecule has 0 aromatic heterocycles. The Labute approximate surface area is 227 Å². The molecule has 0 spiro atoms. The van der Waals surface area contributed by atoms with Crippen molar-refractivity contribution in [1.82, 2.24) is 18.8 Å². The number of carbonyl (C=O) groups is 1. The summed E-state index contributed by atoms with van der Waals surface area (Å²) in [4.78, 5) is 15.6. The molecular formula is C25H31F3N4O5S2. The van der Waals surface area contributed by atoms with Gasteiger partial charge in [0.05, 0.1) is 10.5 Å². The SMILES string of the molecule is C=CS(=O)(=O)NC[C@H]1CCN(S(=O)(=O)c2ccc(CN(Cc3ccc(C(F)(F)F)cc3)C(=O)N(C)C)cc2)C1. The average Bonchev–Trinajstić information content (AvgIpc) is 3.37. The van der Waals surface area contributed by atoms with Crippen LogP contribution in [0.1, 0.15) is 23.1 Å². The summed E-state index contributed by atoms with van der Waals surface area (Å²) < 4.78 is 91.7. The van der Waals surface area contributed by atoms with Gasteiger partial charge in [-0.3, -0.25) is 0 Å². The zero-order valence-corrected chi connectivity index (χ0v) is 23.2. The van der Waals surface area contributed by atoms with E-state index in [4.69, 9.17) is 0 Å². The van der Waals surface area contributed by atoms with Crippen molar-refractivity contribution in [3.8, 4) is 0 Å². The molecule has 2 aromatic rings. The van der Waals surface area contributed by atoms with Crippen molar-refractivity contribution in [2.45, 2.75) is 30.6 Å². The first-order valence-electron chi connectivity index (χ1n) is 12.0. The first-order chi connectivity index (χ1) is 18.1. The molecule has 1 N–H and O–H groups in total. The second kappa shape index (κ2) is 12.1. The number of rotatable bonds is 10. The highest BCUT2D eigenvalue weighted by Gasteiger charge is 2.33. The minimum atomic E-state index is -4.46. The van der Waals surface area contributed by atoms with E-state index in [-0.39, 0.29) is 49.6 Å². The fraction of sp³-hybridized carbons (Fsp3) is 0.400. The van der Waals surface area contributed by atoms with Crippen LogP contribution in [-0.2, 0) is 39.3 Å². The fourth-order valence-corrected chi connectivity index (χ4v) is 6.22. The fourth-order valence-electron chi connectivity index (χ4n) is 4.10. The average molecular weight is 589 g/mol. The van der Waals surface area contributed by atoms with E-state index in [1.54, 1.807) is 26.2 Å². The molecule has 1 heterocycles. The van der Waals surface area contributed by atoms with Gasteiger partial charge in [0.2, 0.25) is 20.0 Å². The van der Waals surface area contributed by atoms with E-state index in [0.717, 1.165) is 17.5 Å². The van der Waals surface area contributed by atoms with Crippen molar-refractivity contribution < 1.29 is 34.8 Å². The normalized spacial score (nSPS) is 16.7. The number of halogens is 3. The van der Waals surface area contributed by atoms with Gasteiger partial charge < -0.3 is 9.80 Å². The van der Waals surface area contributed by atoms with Crippen molar-refractivity contribution in [2.75, 3.05) is 33.7 Å². The Morgan fingerprint density at radius 2 is 1.56 bits per heavy atom. The van der Waals surface area contributed by atoms with Gasteiger partial charge in [-0.2, -0.15) is 17.5 Å². The molecular weight excluding hydrogens is 557 g/mol. The Bertz CT molecular complexity index is 1380. The second-order valence-electron chi connectivity index (χ2n) is 9.45. The van der Waals surface area contributed by atoms with E-state index in [1.807, 2.05) is 0 Å². The monoisotopic (exact) mass is 588 g/mol. The minimum Gasteiger partial charge on any atom is -0.331 e. The van der Waals surface area contributed by atoms with E-state index in [1.165, 1.54) is 38.4 Å². The first-order valence-corrected chi connectivity index (χ1v) is 14.9. The Kier molecular flexibility index (Phi) is 9.47. The highest BCUT2D eigenvalue weighted by molar-refractivity contribution is 7.92. The number of hydrogen-bond acceptors (Lipinski definition) is 5. The number of nitrogens with zero attached hydrogens (tertiary/aromatic N) is 3. The van der Waals surface area contributed by atoms with Crippen LogP contribution >= 0.6 is 0 Å². The van der Waals surface area contributed by atoms with E-state index in [0.29, 0.717) is 17.5 Å². The van der Waals surface area contributed by atoms with Crippen molar-refractivity contribution in [1.29, 1.82) is 0 Å². The third-order valence-corrected chi connectivity index (χ3v) is 9.17. The molecule has 2 aromatic carbocycles. The highest BCUT2D eigenvalue weighted by atomic mass is 32.2. The molecule has 0 bridgehead atoms. The molecule has 0 saturated carbocycles. The molecule has 1 fully saturated rings. The van der Waals surface area contributed by atoms with Gasteiger partial charge in [-0.05, 0) is 47.7 Å². The maximum Gasteiger partial charge on any atom is 0.416 e. The van der Waals surface area contributed by atoms with Gasteiger partial charge in [-0.25, -0.2) is 26.4 Å². The van der Waals surface area contributed by atoms with Gasteiger partial charge in [-0.1, -0.05) is 30.8 Å². The number of benzene rings is 2. The standard InChI is InChI=1S/C25H31F3N4O5S2/c1-4-38(34,35)29-15-21-13-14-32(18-21)39(36,37)23-11-7-20(8-12-23)17-31(24(33)30(2)3)16-19-5-9-22(10-6-19)25(26,27)28/h4-12,21,29H,1,13-18H2,2-3H3/t21-/m1/s1. The Balaban J connectivity index is 1.69. The second-order valence-corrected chi connectivity index (χ2v) is 13.1. The van der Waals surface area contributed by atoms with Gasteiger partial charge in [0, 0.05) is 52.2 Å². The van der Waals surface area contributed by atoms with Crippen LogP contribution < -0.4 is 4.72 Å². The minimum absolute atomic E-state index is 0.0555. The summed E-state index contributed by atoms with van der Waals surface area (Å²) in [5, 5.41) is 0.800. The van der Waals surface area contributed by atoms with Crippen LogP contribution in [0.5, 0.6) is 0 Å². The Hall–Kier alpha value is -2.94. The maximum atomic E-state index is 13.1. The third-order valence-electron chi connectivity index (χ3n) is 6.28. The molecule has 0 radical (unpaired) electrons. The summed E-state index contributed by atoms with van der Waals surface area (Å²) >= 11 is 0. The van der Waals surface area contributed by atoms with Gasteiger partial charge >= 0.3 is 12.2 Å². The van der Waals surface area contributed by atoms with Crippen molar-refractivity contribution in [3.05, 3.63) is 77.2 Å². The van der Waals surface area contributed by atoms with E-state index >= 15 is 0 Å². The van der Waals surface area contributed by atoms with Crippen LogP contribution in [0, 0.1) is 5.92 Å². The zero-order chi connectivity index (χ0) is 29.0. The van der Waals surface area contributed by atoms with Crippen LogP contribution in [0.25, 0.3) is 0 Å². The van der Waals surface area contributed by atoms with Crippen LogP contribution in [0.2, 0.25) is 0 Å². The summed E-state index contributed by atoms with van der Waals surface area (Å²) in [5.74, 6) is -0.176. The summed E-state index contributed by atoms with van der Waals surface area (Å²) in [7, 11) is -4.29. The molecule has 0 unspecified atom stereocenters. The lowest BCUT2D eigenvalue weighted by Crippen LogP contribution is -2.38. The lowest BCUT2D eigenvalue weighted by atomic mass is 10.1. The van der Waals surface area contributed by atoms with Crippen LogP contribution in [-0.4, -0.2) is 70.7 Å². The molecule has 9 nitrogen and oxygen atoms in total. The molecule has 1 atom stereocenters. The smallest absolute Gasteiger partial charge is 0.331 e. The van der Waals surface area contributed by atoms with Crippen LogP contribution in [0.3, 0.4) is 0 Å². The van der Waals surface area contributed by atoms with E-state index in [9.17, 15) is 34.8 Å². The Morgan fingerprint density at radius 1 is 1.03 bits per heavy atom. The van der Waals surface area contributed by atoms with Gasteiger partial charge in [0.1, 0.15) is 0 Å². The van der Waals surface area contributed by atoms with Gasteiger partial charge in [-0.15, -0.1) is 0 Å². The van der Waals surface area contributed by atoms with Crippen molar-refractivity contribution in [2.24, 2.45) is 5.92 Å². The van der Waals surface area contributed by atoms with E-state index < -0.39 is 31.8 Å². The molecule has 0 aliphatic carbocycles. The van der Waals surface area contributed by atoms with Crippen molar-refractivity contribution >= 4 is 26.1 Å². The number of alkyl halides is 3. The lowest BCUT2D eigenvalue weighted by molar-refractivity contribution is -0.137. The summed E-state index contributed by atoms with van der Waals surface area (Å²) in [6.07, 6.45) is -3.96. The van der Waals surface area contributed by atoms with E-state index in [2.05, 4.69) is 11.3 Å². The van der Waals surface area contributed by atoms with Gasteiger partial charge in [0.25, 0.3) is 0 Å².